The predicted molar refractivity (Wildman–Crippen MR) is 22.2 cm³/mol. The van der Waals surface area contributed by atoms with Crippen LogP contribution >= 0.6 is 7.82 Å². The van der Waals surface area contributed by atoms with Gasteiger partial charge in [-0.3, -0.25) is 0 Å². The minimum atomic E-state index is -4.64. The molecule has 0 aliphatic rings. The number of rotatable bonds is 0. The minimum absolute atomic E-state index is 0. The van der Waals surface area contributed by atoms with Crippen molar-refractivity contribution in [3.63, 3.8) is 0 Å². The molecule has 0 amide bonds. The summed E-state index contributed by atoms with van der Waals surface area (Å²) in [7, 11) is -4.64. The normalized spacial score (nSPS) is 8.43. The monoisotopic (exact) mass is 192 g/mol. The topological polar surface area (TPSA) is 77.8 Å². The van der Waals surface area contributed by atoms with Gasteiger partial charge in [0.2, 0.25) is 0 Å². The fraction of sp³-hybridized carbons (Fsp3) is 0. The Balaban J connectivity index is -0.0000000133. The largest absolute Gasteiger partial charge is 2.00 e. The summed E-state index contributed by atoms with van der Waals surface area (Å²) in [4.78, 5) is 21.6. The molecule has 0 radical (unpaired) electrons. The average molecular weight is 192 g/mol. The first-order valence-electron chi connectivity index (χ1n) is 0.783. The second-order valence-electron chi connectivity index (χ2n) is 0.513. The first-order chi connectivity index (χ1) is 2.00. The third kappa shape index (κ3) is 76.1. The molecule has 0 fully saturated rings. The van der Waals surface area contributed by atoms with Gasteiger partial charge < -0.3 is 17.5 Å². The van der Waals surface area contributed by atoms with Crippen molar-refractivity contribution in [2.45, 2.75) is 0 Å². The third-order valence-corrected chi connectivity index (χ3v) is 0. The molecule has 42 valence electrons. The first kappa shape index (κ1) is 16.0. The van der Waals surface area contributed by atoms with E-state index < -0.39 is 7.82 Å². The van der Waals surface area contributed by atoms with E-state index in [1.54, 1.807) is 0 Å². The van der Waals surface area contributed by atoms with E-state index in [1.165, 1.54) is 0 Å². The SMILES string of the molecule is O=P(O)(O)O.[Ca+2].[Cr].[H-].[H-]. The van der Waals surface area contributed by atoms with E-state index in [2.05, 4.69) is 0 Å². The molecular formula is H5CaCrO4P. The molecule has 0 saturated carbocycles. The summed E-state index contributed by atoms with van der Waals surface area (Å²) in [5.41, 5.74) is 0. The van der Waals surface area contributed by atoms with E-state index in [-0.39, 0.29) is 58.0 Å². The number of hydrogen-bond donors (Lipinski definition) is 3. The standard InChI is InChI=1S/Ca.Cr.H3O4P.2H/c;;1-5(2,3)4;;/h;;(H3,1,2,3,4);;/q+2;;;2*-1. The van der Waals surface area contributed by atoms with Crippen LogP contribution in [0.2, 0.25) is 0 Å². The van der Waals surface area contributed by atoms with Gasteiger partial charge in [0.05, 0.1) is 0 Å². The Hall–Kier alpha value is 1.90. The molecule has 0 rings (SSSR count). The summed E-state index contributed by atoms with van der Waals surface area (Å²) < 4.78 is 8.88. The van der Waals surface area contributed by atoms with Crippen molar-refractivity contribution in [2.75, 3.05) is 0 Å². The van der Waals surface area contributed by atoms with E-state index in [4.69, 9.17) is 19.2 Å². The fourth-order valence-electron chi connectivity index (χ4n) is 0. The Bertz CT molecular complexity index is 64.7. The molecule has 0 aliphatic carbocycles. The van der Waals surface area contributed by atoms with Gasteiger partial charge in [-0.15, -0.1) is 0 Å². The Morgan fingerprint density at radius 2 is 1.29 bits per heavy atom. The zero-order valence-electron chi connectivity index (χ0n) is 5.31. The van der Waals surface area contributed by atoms with Gasteiger partial charge in [-0.2, -0.15) is 0 Å². The van der Waals surface area contributed by atoms with Gasteiger partial charge >= 0.3 is 45.6 Å². The van der Waals surface area contributed by atoms with Crippen molar-refractivity contribution in [3.05, 3.63) is 0 Å². The molecule has 0 saturated heterocycles. The second kappa shape index (κ2) is 6.03. The maximum atomic E-state index is 8.88. The van der Waals surface area contributed by atoms with E-state index in [1.807, 2.05) is 0 Å². The van der Waals surface area contributed by atoms with Crippen molar-refractivity contribution in [2.24, 2.45) is 0 Å². The second-order valence-corrected chi connectivity index (χ2v) is 1.54. The average Bonchev–Trinajstić information content (AvgIpc) is 0.722. The van der Waals surface area contributed by atoms with Crippen LogP contribution in [0.3, 0.4) is 0 Å². The van der Waals surface area contributed by atoms with Crippen LogP contribution in [0.1, 0.15) is 2.85 Å². The van der Waals surface area contributed by atoms with Crippen LogP contribution in [0, 0.1) is 0 Å². The molecule has 0 heterocycles. The molecule has 0 aromatic carbocycles. The molecule has 0 atom stereocenters. The van der Waals surface area contributed by atoms with Gasteiger partial charge in [0.15, 0.2) is 0 Å². The van der Waals surface area contributed by atoms with Gasteiger partial charge in [-0.05, 0) is 0 Å². The smallest absolute Gasteiger partial charge is 1.00 e. The Morgan fingerprint density at radius 1 is 1.29 bits per heavy atom. The van der Waals surface area contributed by atoms with Gasteiger partial charge in [0.25, 0.3) is 0 Å². The van der Waals surface area contributed by atoms with Gasteiger partial charge in [0.1, 0.15) is 0 Å². The van der Waals surface area contributed by atoms with Crippen LogP contribution < -0.4 is 0 Å². The zero-order chi connectivity index (χ0) is 4.50. The molecule has 7 heteroatoms. The third-order valence-electron chi connectivity index (χ3n) is 0. The van der Waals surface area contributed by atoms with Crippen molar-refractivity contribution < 1.29 is 39.5 Å². The summed E-state index contributed by atoms with van der Waals surface area (Å²) in [5, 5.41) is 0. The van der Waals surface area contributed by atoms with Crippen LogP contribution in [-0.4, -0.2) is 52.4 Å². The summed E-state index contributed by atoms with van der Waals surface area (Å²) in [6.45, 7) is 0. The van der Waals surface area contributed by atoms with Crippen molar-refractivity contribution in [1.82, 2.24) is 0 Å². The molecule has 3 N–H and O–H groups in total. The van der Waals surface area contributed by atoms with Crippen LogP contribution in [-0.2, 0) is 21.9 Å². The number of hydrogen-bond acceptors (Lipinski definition) is 1. The van der Waals surface area contributed by atoms with Crippen molar-refractivity contribution >= 4 is 45.6 Å². The van der Waals surface area contributed by atoms with Crippen LogP contribution in [0.15, 0.2) is 0 Å². The van der Waals surface area contributed by atoms with Crippen LogP contribution in [0.4, 0.5) is 0 Å². The molecule has 7 heavy (non-hydrogen) atoms. The summed E-state index contributed by atoms with van der Waals surface area (Å²) in [6, 6.07) is 0. The Morgan fingerprint density at radius 3 is 1.29 bits per heavy atom. The van der Waals surface area contributed by atoms with Gasteiger partial charge in [-0.25, -0.2) is 4.57 Å². The van der Waals surface area contributed by atoms with E-state index in [0.717, 1.165) is 0 Å². The summed E-state index contributed by atoms with van der Waals surface area (Å²) in [6.07, 6.45) is 0. The van der Waals surface area contributed by atoms with Crippen molar-refractivity contribution in [3.8, 4) is 0 Å². The minimum Gasteiger partial charge on any atom is -1.00 e. The van der Waals surface area contributed by atoms with Gasteiger partial charge in [0, 0.05) is 17.4 Å². The molecule has 0 aromatic heterocycles. The molecule has 4 nitrogen and oxygen atoms in total. The maximum Gasteiger partial charge on any atom is 2.00 e. The molecule has 0 aliphatic heterocycles. The van der Waals surface area contributed by atoms with E-state index >= 15 is 0 Å². The van der Waals surface area contributed by atoms with Crippen LogP contribution in [0.5, 0.6) is 0 Å². The molecule has 0 bridgehead atoms. The van der Waals surface area contributed by atoms with Crippen molar-refractivity contribution in [1.29, 1.82) is 0 Å². The summed E-state index contributed by atoms with van der Waals surface area (Å²) in [5.74, 6) is 0. The fourth-order valence-corrected chi connectivity index (χ4v) is 0. The van der Waals surface area contributed by atoms with Crippen LogP contribution in [0.25, 0.3) is 0 Å². The first-order valence-corrected chi connectivity index (χ1v) is 2.35. The van der Waals surface area contributed by atoms with Gasteiger partial charge in [-0.1, -0.05) is 0 Å². The zero-order valence-corrected chi connectivity index (χ0v) is 7.69. The molecule has 0 spiro atoms. The van der Waals surface area contributed by atoms with E-state index in [0.29, 0.717) is 0 Å². The predicted octanol–water partition coefficient (Wildman–Crippen LogP) is -1.09. The maximum absolute atomic E-state index is 8.88. The molecule has 0 unspecified atom stereocenters. The Kier molecular flexibility index (Phi) is 13.7. The molecule has 0 aromatic rings. The quantitative estimate of drug-likeness (QED) is 0.336. The molecular weight excluding hydrogens is 187 g/mol. The summed E-state index contributed by atoms with van der Waals surface area (Å²) >= 11 is 0. The van der Waals surface area contributed by atoms with E-state index in [9.17, 15) is 0 Å². The number of phosphoric acid groups is 1. The Labute approximate surface area is 84.3 Å².